The van der Waals surface area contributed by atoms with Crippen LogP contribution in [0.15, 0.2) is 77.7 Å². The zero-order valence-electron chi connectivity index (χ0n) is 23.1. The molecule has 40 heavy (non-hydrogen) atoms. The maximum Gasteiger partial charge on any atom is 0.264 e. The van der Waals surface area contributed by atoms with Crippen LogP contribution < -0.4 is 9.62 Å². The van der Waals surface area contributed by atoms with Crippen molar-refractivity contribution in [2.45, 2.75) is 70.0 Å². The van der Waals surface area contributed by atoms with Gasteiger partial charge < -0.3 is 10.2 Å². The number of halogens is 1. The molecule has 212 valence electrons. The molecule has 7 nitrogen and oxygen atoms in total. The maximum absolute atomic E-state index is 14.7. The van der Waals surface area contributed by atoms with Crippen LogP contribution in [0, 0.1) is 19.7 Å². The Kier molecular flexibility index (Phi) is 9.25. The Hall–Kier alpha value is -3.72. The number of carbonyl (C=O) groups excluding carboxylic acids is 2. The normalized spacial score (nSPS) is 14.5. The number of nitrogens with one attached hydrogen (secondary N) is 1. The van der Waals surface area contributed by atoms with Gasteiger partial charge in [0.25, 0.3) is 10.0 Å². The Morgan fingerprint density at radius 3 is 2.23 bits per heavy atom. The largest absolute Gasteiger partial charge is 0.352 e. The van der Waals surface area contributed by atoms with Crippen molar-refractivity contribution in [3.8, 4) is 0 Å². The number of hydrogen-bond donors (Lipinski definition) is 1. The fourth-order valence-electron chi connectivity index (χ4n) is 4.98. The fourth-order valence-corrected chi connectivity index (χ4v) is 6.46. The molecular weight excluding hydrogens is 529 g/mol. The van der Waals surface area contributed by atoms with Gasteiger partial charge in [-0.25, -0.2) is 12.8 Å². The number of amides is 2. The second kappa shape index (κ2) is 12.6. The van der Waals surface area contributed by atoms with Gasteiger partial charge in [0.1, 0.15) is 18.4 Å². The number of benzene rings is 3. The number of anilines is 1. The van der Waals surface area contributed by atoms with E-state index in [1.165, 1.54) is 23.1 Å². The molecule has 1 aliphatic carbocycles. The predicted octanol–water partition coefficient (Wildman–Crippen LogP) is 5.11. The van der Waals surface area contributed by atoms with E-state index in [1.807, 2.05) is 6.92 Å². The summed E-state index contributed by atoms with van der Waals surface area (Å²) in [7, 11) is -4.16. The second-order valence-corrected chi connectivity index (χ2v) is 12.3. The van der Waals surface area contributed by atoms with Crippen molar-refractivity contribution in [1.29, 1.82) is 0 Å². The Bertz CT molecular complexity index is 1450. The number of sulfonamides is 1. The topological polar surface area (TPSA) is 86.8 Å². The Balaban J connectivity index is 1.70. The molecular formula is C31H36FN3O4S. The van der Waals surface area contributed by atoms with Crippen LogP contribution in [0.5, 0.6) is 0 Å². The van der Waals surface area contributed by atoms with Crippen molar-refractivity contribution in [2.24, 2.45) is 0 Å². The lowest BCUT2D eigenvalue weighted by molar-refractivity contribution is -0.139. The summed E-state index contributed by atoms with van der Waals surface area (Å²) < 4.78 is 43.6. The molecule has 0 saturated heterocycles. The lowest BCUT2D eigenvalue weighted by Crippen LogP contribution is -2.52. The van der Waals surface area contributed by atoms with Crippen molar-refractivity contribution >= 4 is 27.5 Å². The summed E-state index contributed by atoms with van der Waals surface area (Å²) in [5.74, 6) is -1.47. The van der Waals surface area contributed by atoms with Crippen LogP contribution in [0.25, 0.3) is 0 Å². The average Bonchev–Trinajstić information content (AvgIpc) is 3.44. The molecule has 2 amide bonds. The van der Waals surface area contributed by atoms with Gasteiger partial charge in [0.15, 0.2) is 0 Å². The lowest BCUT2D eigenvalue weighted by Gasteiger charge is -2.33. The third-order valence-electron chi connectivity index (χ3n) is 7.44. The van der Waals surface area contributed by atoms with Crippen molar-refractivity contribution in [3.05, 3.63) is 95.3 Å². The van der Waals surface area contributed by atoms with E-state index in [-0.39, 0.29) is 29.0 Å². The number of aryl methyl sites for hydroxylation is 2. The molecule has 0 unspecified atom stereocenters. The highest BCUT2D eigenvalue weighted by molar-refractivity contribution is 7.92. The number of para-hydroxylation sites is 1. The Morgan fingerprint density at radius 1 is 0.950 bits per heavy atom. The van der Waals surface area contributed by atoms with E-state index in [2.05, 4.69) is 5.32 Å². The number of hydrogen-bond acceptors (Lipinski definition) is 4. The molecule has 1 N–H and O–H groups in total. The first-order chi connectivity index (χ1) is 19.1. The van der Waals surface area contributed by atoms with Crippen molar-refractivity contribution in [3.63, 3.8) is 0 Å². The van der Waals surface area contributed by atoms with E-state index in [4.69, 9.17) is 0 Å². The van der Waals surface area contributed by atoms with Gasteiger partial charge in [-0.15, -0.1) is 0 Å². The average molecular weight is 566 g/mol. The molecule has 1 atom stereocenters. The highest BCUT2D eigenvalue weighted by Crippen LogP contribution is 2.28. The first-order valence-corrected chi connectivity index (χ1v) is 15.0. The van der Waals surface area contributed by atoms with Gasteiger partial charge in [0, 0.05) is 18.2 Å². The summed E-state index contributed by atoms with van der Waals surface area (Å²) in [5, 5.41) is 3.01. The van der Waals surface area contributed by atoms with Crippen molar-refractivity contribution in [1.82, 2.24) is 10.2 Å². The molecule has 1 aliphatic rings. The second-order valence-electron chi connectivity index (χ2n) is 10.4. The van der Waals surface area contributed by atoms with Crippen LogP contribution in [0.1, 0.15) is 49.3 Å². The quantitative estimate of drug-likeness (QED) is 0.370. The van der Waals surface area contributed by atoms with Gasteiger partial charge in [-0.2, -0.15) is 0 Å². The minimum absolute atomic E-state index is 0.0331. The predicted molar refractivity (Wildman–Crippen MR) is 154 cm³/mol. The van der Waals surface area contributed by atoms with Gasteiger partial charge in [-0.05, 0) is 63.4 Å². The summed E-state index contributed by atoms with van der Waals surface area (Å²) in [5.41, 5.74) is 2.15. The summed E-state index contributed by atoms with van der Waals surface area (Å²) in [6.45, 7) is 4.48. The molecule has 0 aromatic heterocycles. The zero-order chi connectivity index (χ0) is 28.9. The van der Waals surface area contributed by atoms with Crippen LogP contribution in [0.2, 0.25) is 0 Å². The van der Waals surface area contributed by atoms with E-state index in [0.29, 0.717) is 11.3 Å². The molecule has 9 heteroatoms. The third kappa shape index (κ3) is 6.70. The van der Waals surface area contributed by atoms with E-state index in [9.17, 15) is 22.4 Å². The van der Waals surface area contributed by atoms with Gasteiger partial charge in [-0.1, -0.05) is 66.9 Å². The minimum Gasteiger partial charge on any atom is -0.352 e. The van der Waals surface area contributed by atoms with Crippen molar-refractivity contribution in [2.75, 3.05) is 10.8 Å². The van der Waals surface area contributed by atoms with Gasteiger partial charge in [0.05, 0.1) is 10.6 Å². The van der Waals surface area contributed by atoms with E-state index in [1.54, 1.807) is 68.4 Å². The Labute approximate surface area is 236 Å². The van der Waals surface area contributed by atoms with E-state index >= 15 is 0 Å². The molecule has 0 bridgehead atoms. The molecule has 0 spiro atoms. The van der Waals surface area contributed by atoms with Crippen molar-refractivity contribution < 1.29 is 22.4 Å². The van der Waals surface area contributed by atoms with Crippen LogP contribution in [0.4, 0.5) is 10.1 Å². The molecule has 3 aromatic carbocycles. The summed E-state index contributed by atoms with van der Waals surface area (Å²) >= 11 is 0. The molecule has 0 radical (unpaired) electrons. The van der Waals surface area contributed by atoms with Crippen LogP contribution in [0.3, 0.4) is 0 Å². The maximum atomic E-state index is 14.7. The molecule has 0 aliphatic heterocycles. The summed E-state index contributed by atoms with van der Waals surface area (Å²) in [4.78, 5) is 28.5. The molecule has 4 rings (SSSR count). The number of carbonyl (C=O) groups is 2. The SMILES string of the molecule is Cc1ccc(S(=O)(=O)N(CC(=O)N(Cc2ccccc2F)[C@H](C)C(=O)NC2CCCC2)c2ccccc2C)cc1. The van der Waals surface area contributed by atoms with Gasteiger partial charge in [-0.3, -0.25) is 13.9 Å². The summed E-state index contributed by atoms with van der Waals surface area (Å²) in [6, 6.07) is 18.5. The molecule has 0 heterocycles. The monoisotopic (exact) mass is 565 g/mol. The minimum atomic E-state index is -4.16. The first-order valence-electron chi connectivity index (χ1n) is 13.6. The summed E-state index contributed by atoms with van der Waals surface area (Å²) in [6.07, 6.45) is 3.80. The van der Waals surface area contributed by atoms with Crippen LogP contribution in [-0.4, -0.2) is 43.8 Å². The standard InChI is InChI=1S/C31H36FN3O4S/c1-22-16-18-27(19-17-22)40(38,39)35(29-15-9-4-10-23(29)2)21-30(36)34(20-25-11-5-8-14-28(25)32)24(3)31(37)33-26-12-6-7-13-26/h4-5,8-11,14-19,24,26H,6-7,12-13,20-21H2,1-3H3,(H,33,37)/t24-/m1/s1. The third-order valence-corrected chi connectivity index (χ3v) is 9.21. The van der Waals surface area contributed by atoms with Crippen LogP contribution >= 0.6 is 0 Å². The molecule has 3 aromatic rings. The van der Waals surface area contributed by atoms with Gasteiger partial charge in [0.2, 0.25) is 11.8 Å². The molecule has 1 fully saturated rings. The van der Waals surface area contributed by atoms with Crippen LogP contribution in [-0.2, 0) is 26.2 Å². The molecule has 1 saturated carbocycles. The highest BCUT2D eigenvalue weighted by atomic mass is 32.2. The highest BCUT2D eigenvalue weighted by Gasteiger charge is 2.34. The lowest BCUT2D eigenvalue weighted by atomic mass is 10.1. The number of nitrogens with zero attached hydrogens (tertiary/aromatic N) is 2. The van der Waals surface area contributed by atoms with Gasteiger partial charge >= 0.3 is 0 Å². The number of rotatable bonds is 10. The first kappa shape index (κ1) is 29.3. The zero-order valence-corrected chi connectivity index (χ0v) is 24.0. The Morgan fingerprint density at radius 2 is 1.57 bits per heavy atom. The van der Waals surface area contributed by atoms with E-state index in [0.717, 1.165) is 35.6 Å². The van der Waals surface area contributed by atoms with E-state index < -0.39 is 34.3 Å². The fraction of sp³-hybridized carbons (Fsp3) is 0.355. The smallest absolute Gasteiger partial charge is 0.264 e.